The van der Waals surface area contributed by atoms with Gasteiger partial charge in [0.25, 0.3) is 5.91 Å². The van der Waals surface area contributed by atoms with Gasteiger partial charge in [0, 0.05) is 16.9 Å². The normalized spacial score (nSPS) is 11.6. The minimum Gasteiger partial charge on any atom is -0.494 e. The molecule has 0 aliphatic heterocycles. The molecule has 0 aliphatic carbocycles. The molecule has 0 saturated carbocycles. The summed E-state index contributed by atoms with van der Waals surface area (Å²) in [7, 11) is 0. The maximum Gasteiger partial charge on any atom is 0.338 e. The Kier molecular flexibility index (Phi) is 6.51. The Morgan fingerprint density at radius 3 is 2.30 bits per heavy atom. The molecule has 3 rings (SSSR count). The van der Waals surface area contributed by atoms with Crippen molar-refractivity contribution in [2.45, 2.75) is 33.8 Å². The quantitative estimate of drug-likeness (QED) is 0.570. The zero-order chi connectivity index (χ0) is 21.7. The standard InChI is InChI=1S/C23H25N3O4/c1-5-29-20-12-10-19(11-13-20)26-22(27)16(4)30-23(28)18-8-6-17(7-9-18)21-24-14(2)15(3)25-21/h6-13,16H,5H2,1-4H3,(H,24,25)(H,26,27). The lowest BCUT2D eigenvalue weighted by molar-refractivity contribution is -0.123. The number of nitrogens with zero attached hydrogens (tertiary/aromatic N) is 1. The molecule has 1 heterocycles. The van der Waals surface area contributed by atoms with Gasteiger partial charge in [-0.1, -0.05) is 12.1 Å². The van der Waals surface area contributed by atoms with E-state index in [0.29, 0.717) is 17.9 Å². The summed E-state index contributed by atoms with van der Waals surface area (Å²) in [4.78, 5) is 32.4. The van der Waals surface area contributed by atoms with E-state index in [-0.39, 0.29) is 0 Å². The van der Waals surface area contributed by atoms with Gasteiger partial charge in [0.15, 0.2) is 6.10 Å². The van der Waals surface area contributed by atoms with Gasteiger partial charge in [-0.3, -0.25) is 4.79 Å². The first-order chi connectivity index (χ1) is 14.4. The summed E-state index contributed by atoms with van der Waals surface area (Å²) in [6.45, 7) is 7.89. The van der Waals surface area contributed by atoms with E-state index >= 15 is 0 Å². The highest BCUT2D eigenvalue weighted by atomic mass is 16.5. The number of ether oxygens (including phenoxy) is 2. The Balaban J connectivity index is 1.58. The molecule has 0 radical (unpaired) electrons. The van der Waals surface area contributed by atoms with Gasteiger partial charge in [-0.15, -0.1) is 0 Å². The van der Waals surface area contributed by atoms with Crippen molar-refractivity contribution < 1.29 is 19.1 Å². The lowest BCUT2D eigenvalue weighted by atomic mass is 10.1. The van der Waals surface area contributed by atoms with Crippen molar-refractivity contribution in [1.82, 2.24) is 9.97 Å². The fourth-order valence-corrected chi connectivity index (χ4v) is 2.78. The number of carbonyl (C=O) groups is 2. The molecule has 1 unspecified atom stereocenters. The number of nitrogens with one attached hydrogen (secondary N) is 2. The van der Waals surface area contributed by atoms with Crippen LogP contribution in [0.2, 0.25) is 0 Å². The molecule has 2 aromatic carbocycles. The second-order valence-corrected chi connectivity index (χ2v) is 6.87. The van der Waals surface area contributed by atoms with E-state index in [2.05, 4.69) is 15.3 Å². The van der Waals surface area contributed by atoms with Crippen molar-refractivity contribution >= 4 is 17.6 Å². The number of benzene rings is 2. The molecule has 0 fully saturated rings. The number of imidazole rings is 1. The van der Waals surface area contributed by atoms with Gasteiger partial charge in [-0.25, -0.2) is 9.78 Å². The molecular weight excluding hydrogens is 382 g/mol. The number of H-pyrrole nitrogens is 1. The lowest BCUT2D eigenvalue weighted by Gasteiger charge is -2.14. The van der Waals surface area contributed by atoms with Crippen molar-refractivity contribution in [2.24, 2.45) is 0 Å². The molecule has 0 aliphatic rings. The second-order valence-electron chi connectivity index (χ2n) is 6.87. The number of aromatic amines is 1. The van der Waals surface area contributed by atoms with Crippen molar-refractivity contribution in [1.29, 1.82) is 0 Å². The zero-order valence-electron chi connectivity index (χ0n) is 17.5. The van der Waals surface area contributed by atoms with E-state index in [1.165, 1.54) is 6.92 Å². The average Bonchev–Trinajstić information content (AvgIpc) is 3.08. The van der Waals surface area contributed by atoms with Crippen LogP contribution in [-0.4, -0.2) is 34.6 Å². The Morgan fingerprint density at radius 2 is 1.73 bits per heavy atom. The number of anilines is 1. The number of aromatic nitrogens is 2. The van der Waals surface area contributed by atoms with Crippen LogP contribution < -0.4 is 10.1 Å². The molecule has 156 valence electrons. The number of hydrogen-bond donors (Lipinski definition) is 2. The maximum atomic E-state index is 12.4. The molecular formula is C23H25N3O4. The predicted molar refractivity (Wildman–Crippen MR) is 115 cm³/mol. The predicted octanol–water partition coefficient (Wildman–Crippen LogP) is 4.28. The Morgan fingerprint density at radius 1 is 1.07 bits per heavy atom. The third-order valence-corrected chi connectivity index (χ3v) is 4.61. The van der Waals surface area contributed by atoms with Crippen LogP contribution in [0.4, 0.5) is 5.69 Å². The molecule has 7 nitrogen and oxygen atoms in total. The number of rotatable bonds is 7. The largest absolute Gasteiger partial charge is 0.494 e. The van der Waals surface area contributed by atoms with Gasteiger partial charge >= 0.3 is 5.97 Å². The molecule has 1 aromatic heterocycles. The van der Waals surface area contributed by atoms with Crippen LogP contribution in [-0.2, 0) is 9.53 Å². The number of aryl methyl sites for hydroxylation is 2. The van der Waals surface area contributed by atoms with Gasteiger partial charge in [0.1, 0.15) is 11.6 Å². The zero-order valence-corrected chi connectivity index (χ0v) is 17.5. The first-order valence-electron chi connectivity index (χ1n) is 9.75. The molecule has 2 N–H and O–H groups in total. The molecule has 1 atom stereocenters. The maximum absolute atomic E-state index is 12.4. The van der Waals surface area contributed by atoms with Crippen molar-refractivity contribution in [3.05, 3.63) is 65.5 Å². The van der Waals surface area contributed by atoms with Gasteiger partial charge in [0.2, 0.25) is 0 Å². The van der Waals surface area contributed by atoms with Crippen LogP contribution in [0, 0.1) is 13.8 Å². The Bertz CT molecular complexity index is 1000. The van der Waals surface area contributed by atoms with Crippen LogP contribution in [0.3, 0.4) is 0 Å². The highest BCUT2D eigenvalue weighted by Crippen LogP contribution is 2.19. The molecule has 1 amide bonds. The highest BCUT2D eigenvalue weighted by Gasteiger charge is 2.19. The average molecular weight is 407 g/mol. The summed E-state index contributed by atoms with van der Waals surface area (Å²) in [6, 6.07) is 13.9. The fraction of sp³-hybridized carbons (Fsp3) is 0.261. The van der Waals surface area contributed by atoms with Crippen molar-refractivity contribution in [2.75, 3.05) is 11.9 Å². The van der Waals surface area contributed by atoms with Crippen LogP contribution in [0.15, 0.2) is 48.5 Å². The number of esters is 1. The minimum absolute atomic E-state index is 0.361. The van der Waals surface area contributed by atoms with Crippen LogP contribution in [0.1, 0.15) is 35.6 Å². The van der Waals surface area contributed by atoms with Crippen LogP contribution >= 0.6 is 0 Å². The number of carbonyl (C=O) groups excluding carboxylic acids is 2. The van der Waals surface area contributed by atoms with E-state index in [1.54, 1.807) is 48.5 Å². The molecule has 0 spiro atoms. The minimum atomic E-state index is -0.945. The molecule has 0 bridgehead atoms. The van der Waals surface area contributed by atoms with Crippen LogP contribution in [0.25, 0.3) is 11.4 Å². The van der Waals surface area contributed by atoms with Gasteiger partial charge in [0.05, 0.1) is 17.9 Å². The second kappa shape index (κ2) is 9.26. The Hall–Kier alpha value is -3.61. The van der Waals surface area contributed by atoms with Crippen molar-refractivity contribution in [3.63, 3.8) is 0 Å². The first-order valence-corrected chi connectivity index (χ1v) is 9.75. The summed E-state index contributed by atoms with van der Waals surface area (Å²) in [6.07, 6.45) is -0.945. The first kappa shape index (κ1) is 21.1. The Labute approximate surface area is 175 Å². The van der Waals surface area contributed by atoms with E-state index in [1.807, 2.05) is 20.8 Å². The van der Waals surface area contributed by atoms with Gasteiger partial charge < -0.3 is 19.8 Å². The van der Waals surface area contributed by atoms with E-state index in [9.17, 15) is 9.59 Å². The summed E-state index contributed by atoms with van der Waals surface area (Å²) in [5.41, 5.74) is 3.75. The molecule has 0 saturated heterocycles. The molecule has 3 aromatic rings. The third kappa shape index (κ3) is 5.05. The lowest BCUT2D eigenvalue weighted by Crippen LogP contribution is -2.30. The van der Waals surface area contributed by atoms with E-state index in [4.69, 9.17) is 9.47 Å². The van der Waals surface area contributed by atoms with E-state index < -0.39 is 18.0 Å². The molecule has 30 heavy (non-hydrogen) atoms. The van der Waals surface area contributed by atoms with Crippen molar-refractivity contribution in [3.8, 4) is 17.1 Å². The third-order valence-electron chi connectivity index (χ3n) is 4.61. The summed E-state index contributed by atoms with van der Waals surface area (Å²) in [5, 5.41) is 2.72. The smallest absolute Gasteiger partial charge is 0.338 e. The SMILES string of the molecule is CCOc1ccc(NC(=O)C(C)OC(=O)c2ccc(-c3nc(C)c(C)[nH]3)cc2)cc1. The number of amides is 1. The topological polar surface area (TPSA) is 93.3 Å². The monoisotopic (exact) mass is 407 g/mol. The summed E-state index contributed by atoms with van der Waals surface area (Å²) >= 11 is 0. The summed E-state index contributed by atoms with van der Waals surface area (Å²) in [5.74, 6) is 0.486. The summed E-state index contributed by atoms with van der Waals surface area (Å²) < 4.78 is 10.7. The van der Waals surface area contributed by atoms with Gasteiger partial charge in [-0.05, 0) is 64.1 Å². The highest BCUT2D eigenvalue weighted by molar-refractivity contribution is 5.97. The number of hydrogen-bond acceptors (Lipinski definition) is 5. The molecule has 7 heteroatoms. The van der Waals surface area contributed by atoms with Gasteiger partial charge in [-0.2, -0.15) is 0 Å². The fourth-order valence-electron chi connectivity index (χ4n) is 2.78. The van der Waals surface area contributed by atoms with Crippen LogP contribution in [0.5, 0.6) is 5.75 Å². The van der Waals surface area contributed by atoms with E-state index in [0.717, 1.165) is 28.5 Å².